The van der Waals surface area contributed by atoms with Gasteiger partial charge in [0.25, 0.3) is 11.6 Å². The van der Waals surface area contributed by atoms with E-state index in [2.05, 4.69) is 4.99 Å². The van der Waals surface area contributed by atoms with Crippen molar-refractivity contribution in [1.29, 1.82) is 0 Å². The van der Waals surface area contributed by atoms with Crippen molar-refractivity contribution in [2.45, 2.75) is 20.4 Å². The minimum atomic E-state index is -0.447. The Kier molecular flexibility index (Phi) is 4.78. The zero-order valence-electron chi connectivity index (χ0n) is 14.9. The average molecular weight is 432 g/mol. The predicted molar refractivity (Wildman–Crippen MR) is 114 cm³/mol. The number of carbonyl (C=O) groups excluding carboxylic acids is 1. The molecular formula is C19H14ClN3O3S2. The number of thiazole rings is 1. The lowest BCUT2D eigenvalue weighted by atomic mass is 10.2. The monoisotopic (exact) mass is 431 g/mol. The van der Waals surface area contributed by atoms with Gasteiger partial charge in [-0.1, -0.05) is 22.9 Å². The van der Waals surface area contributed by atoms with E-state index in [0.717, 1.165) is 20.5 Å². The molecule has 2 aromatic carbocycles. The number of nitro groups is 1. The molecule has 4 aromatic rings. The fraction of sp³-hybridized carbons (Fsp3) is 0.158. The molecule has 0 aliphatic carbocycles. The van der Waals surface area contributed by atoms with Crippen molar-refractivity contribution in [2.75, 3.05) is 0 Å². The maximum Gasteiger partial charge on any atom is 0.289 e. The van der Waals surface area contributed by atoms with Crippen LogP contribution in [0, 0.1) is 17.0 Å². The molecule has 0 radical (unpaired) electrons. The van der Waals surface area contributed by atoms with Gasteiger partial charge >= 0.3 is 0 Å². The molecule has 0 saturated carbocycles. The van der Waals surface area contributed by atoms with Crippen LogP contribution >= 0.6 is 34.3 Å². The number of benzene rings is 2. The van der Waals surface area contributed by atoms with Gasteiger partial charge in [-0.3, -0.25) is 14.9 Å². The number of thiophene rings is 1. The molecule has 2 heterocycles. The summed E-state index contributed by atoms with van der Waals surface area (Å²) in [6.07, 6.45) is 0. The third-order valence-electron chi connectivity index (χ3n) is 4.46. The van der Waals surface area contributed by atoms with Gasteiger partial charge in [-0.2, -0.15) is 4.99 Å². The first-order valence-corrected chi connectivity index (χ1v) is 10.5. The molecular weight excluding hydrogens is 418 g/mol. The molecule has 0 spiro atoms. The summed E-state index contributed by atoms with van der Waals surface area (Å²) >= 11 is 8.97. The van der Waals surface area contributed by atoms with E-state index in [1.165, 1.54) is 34.8 Å². The molecule has 1 amide bonds. The van der Waals surface area contributed by atoms with Gasteiger partial charge in [0.2, 0.25) is 0 Å². The van der Waals surface area contributed by atoms with E-state index in [9.17, 15) is 14.9 Å². The minimum Gasteiger partial charge on any atom is -0.316 e. The van der Waals surface area contributed by atoms with Crippen LogP contribution in [0.2, 0.25) is 5.02 Å². The second-order valence-corrected chi connectivity index (χ2v) is 8.65. The van der Waals surface area contributed by atoms with Crippen LogP contribution in [-0.2, 0) is 6.54 Å². The van der Waals surface area contributed by atoms with E-state index in [1.807, 2.05) is 30.5 Å². The first-order valence-electron chi connectivity index (χ1n) is 8.44. The van der Waals surface area contributed by atoms with Crippen LogP contribution in [0.15, 0.2) is 41.4 Å². The molecule has 0 aliphatic heterocycles. The Hall–Kier alpha value is -2.55. The summed E-state index contributed by atoms with van der Waals surface area (Å²) < 4.78 is 3.81. The molecule has 2 aromatic heterocycles. The smallest absolute Gasteiger partial charge is 0.289 e. The number of non-ortho nitro benzene ring substituents is 1. The fourth-order valence-electron chi connectivity index (χ4n) is 3.09. The van der Waals surface area contributed by atoms with Gasteiger partial charge in [0.1, 0.15) is 0 Å². The average Bonchev–Trinajstić information content (AvgIpc) is 3.25. The van der Waals surface area contributed by atoms with E-state index in [1.54, 1.807) is 12.1 Å². The Morgan fingerprint density at radius 3 is 2.68 bits per heavy atom. The Bertz CT molecular complexity index is 1330. The van der Waals surface area contributed by atoms with Crippen LogP contribution in [0.25, 0.3) is 20.3 Å². The van der Waals surface area contributed by atoms with Crippen LogP contribution in [0.3, 0.4) is 0 Å². The van der Waals surface area contributed by atoms with Crippen molar-refractivity contribution in [3.63, 3.8) is 0 Å². The normalized spacial score (nSPS) is 12.2. The van der Waals surface area contributed by atoms with Gasteiger partial charge in [0.15, 0.2) is 4.80 Å². The first-order chi connectivity index (χ1) is 13.4. The third kappa shape index (κ3) is 3.13. The molecule has 0 aliphatic rings. The number of fused-ring (bicyclic) bond motifs is 2. The number of aromatic nitrogens is 1. The number of hydrogen-bond donors (Lipinski definition) is 0. The zero-order chi connectivity index (χ0) is 20.0. The van der Waals surface area contributed by atoms with E-state index in [-0.39, 0.29) is 11.6 Å². The molecule has 6 nitrogen and oxygen atoms in total. The maximum absolute atomic E-state index is 12.8. The standard InChI is InChI=1S/C19H14ClN3O3S2/c1-3-22-17-10(2)13(20)5-7-15(17)28-19(22)21-18(24)16-9-11-8-12(23(25)26)4-6-14(11)27-16/h4-9H,3H2,1-2H3. The second kappa shape index (κ2) is 7.12. The molecule has 9 heteroatoms. The Morgan fingerprint density at radius 1 is 1.21 bits per heavy atom. The molecule has 0 atom stereocenters. The summed E-state index contributed by atoms with van der Waals surface area (Å²) in [4.78, 5) is 28.7. The van der Waals surface area contributed by atoms with Crippen LogP contribution in [0.5, 0.6) is 0 Å². The van der Waals surface area contributed by atoms with Crippen molar-refractivity contribution in [1.82, 2.24) is 4.57 Å². The molecule has 0 bridgehead atoms. The zero-order valence-corrected chi connectivity index (χ0v) is 17.3. The van der Waals surface area contributed by atoms with Gasteiger partial charge in [0, 0.05) is 33.8 Å². The number of nitro benzene ring substituents is 1. The van der Waals surface area contributed by atoms with Gasteiger partial charge in [-0.15, -0.1) is 11.3 Å². The summed E-state index contributed by atoms with van der Waals surface area (Å²) in [5, 5.41) is 12.3. The molecule has 28 heavy (non-hydrogen) atoms. The topological polar surface area (TPSA) is 77.5 Å². The quantitative estimate of drug-likeness (QED) is 0.315. The Balaban J connectivity index is 1.83. The number of amides is 1. The van der Waals surface area contributed by atoms with E-state index in [0.29, 0.717) is 26.6 Å². The summed E-state index contributed by atoms with van der Waals surface area (Å²) in [6.45, 7) is 4.61. The van der Waals surface area contributed by atoms with Crippen molar-refractivity contribution in [3.8, 4) is 0 Å². The van der Waals surface area contributed by atoms with E-state index < -0.39 is 4.92 Å². The molecule has 0 fully saturated rings. The minimum absolute atomic E-state index is 0.00178. The van der Waals surface area contributed by atoms with Crippen molar-refractivity contribution in [2.24, 2.45) is 4.99 Å². The molecule has 0 unspecified atom stereocenters. The number of nitrogens with zero attached hydrogens (tertiary/aromatic N) is 3. The SMILES string of the molecule is CCn1c(=NC(=O)c2cc3cc([N+](=O)[O-])ccc3s2)sc2ccc(Cl)c(C)c21. The van der Waals surface area contributed by atoms with Crippen molar-refractivity contribution < 1.29 is 9.72 Å². The lowest BCUT2D eigenvalue weighted by Crippen LogP contribution is -2.16. The first kappa shape index (κ1) is 18.8. The molecule has 0 N–H and O–H groups in total. The predicted octanol–water partition coefficient (Wildman–Crippen LogP) is 5.55. The van der Waals surface area contributed by atoms with Crippen molar-refractivity contribution >= 4 is 66.2 Å². The Labute approximate surface area is 172 Å². The van der Waals surface area contributed by atoms with Gasteiger partial charge < -0.3 is 4.57 Å². The van der Waals surface area contributed by atoms with Gasteiger partial charge in [0.05, 0.1) is 20.0 Å². The number of aryl methyl sites for hydroxylation is 2. The van der Waals surface area contributed by atoms with Crippen LogP contribution < -0.4 is 4.80 Å². The highest BCUT2D eigenvalue weighted by Crippen LogP contribution is 2.30. The Morgan fingerprint density at radius 2 is 1.96 bits per heavy atom. The largest absolute Gasteiger partial charge is 0.316 e. The van der Waals surface area contributed by atoms with Crippen molar-refractivity contribution in [3.05, 3.63) is 66.8 Å². The highest BCUT2D eigenvalue weighted by Gasteiger charge is 2.15. The van der Waals surface area contributed by atoms with Gasteiger partial charge in [-0.25, -0.2) is 0 Å². The highest BCUT2D eigenvalue weighted by atomic mass is 35.5. The highest BCUT2D eigenvalue weighted by molar-refractivity contribution is 7.21. The summed E-state index contributed by atoms with van der Waals surface area (Å²) in [7, 11) is 0. The van der Waals surface area contributed by atoms with Crippen LogP contribution in [0.4, 0.5) is 5.69 Å². The summed E-state index contributed by atoms with van der Waals surface area (Å²) in [5.74, 6) is -0.360. The van der Waals surface area contributed by atoms with Crippen LogP contribution in [-0.4, -0.2) is 15.4 Å². The van der Waals surface area contributed by atoms with E-state index >= 15 is 0 Å². The second-order valence-electron chi connectivity index (χ2n) is 6.15. The number of rotatable bonds is 3. The molecule has 142 valence electrons. The number of halogens is 1. The van der Waals surface area contributed by atoms with E-state index in [4.69, 9.17) is 11.6 Å². The lowest BCUT2D eigenvalue weighted by Gasteiger charge is -2.04. The third-order valence-corrected chi connectivity index (χ3v) is 7.02. The molecule has 0 saturated heterocycles. The van der Waals surface area contributed by atoms with Crippen LogP contribution in [0.1, 0.15) is 22.2 Å². The summed E-state index contributed by atoms with van der Waals surface area (Å²) in [6, 6.07) is 10.0. The van der Waals surface area contributed by atoms with Gasteiger partial charge in [-0.05, 0) is 43.7 Å². The lowest BCUT2D eigenvalue weighted by molar-refractivity contribution is -0.384. The fourth-order valence-corrected chi connectivity index (χ4v) is 5.32. The maximum atomic E-state index is 12.8. The number of carbonyl (C=O) groups is 1. The summed E-state index contributed by atoms with van der Waals surface area (Å²) in [5.41, 5.74) is 1.95. The molecule has 4 rings (SSSR count). The number of hydrogen-bond acceptors (Lipinski definition) is 5.